The Balaban J connectivity index is 1.84. The second-order valence-electron chi connectivity index (χ2n) is 5.29. The van der Waals surface area contributed by atoms with Crippen LogP contribution in [0.3, 0.4) is 0 Å². The number of carbonyl (C=O) groups is 1. The standard InChI is InChI=1S/C15H18N4O/c1-9-5-10(2)7-11(6-9)17-15(20)14-12-8-16-4-3-13(12)18-19-14/h5-7,16H,3-4,8H2,1-2H3,(H,17,20)(H,18,19). The number of anilines is 1. The molecule has 1 amide bonds. The van der Waals surface area contributed by atoms with E-state index in [1.54, 1.807) is 0 Å². The monoisotopic (exact) mass is 270 g/mol. The van der Waals surface area contributed by atoms with Crippen molar-refractivity contribution in [1.29, 1.82) is 0 Å². The third-order valence-corrected chi connectivity index (χ3v) is 3.50. The number of nitrogens with zero attached hydrogens (tertiary/aromatic N) is 1. The highest BCUT2D eigenvalue weighted by Gasteiger charge is 2.21. The first-order chi connectivity index (χ1) is 9.63. The van der Waals surface area contributed by atoms with Gasteiger partial charge in [-0.1, -0.05) is 6.07 Å². The van der Waals surface area contributed by atoms with Crippen molar-refractivity contribution in [3.05, 3.63) is 46.3 Å². The minimum absolute atomic E-state index is 0.156. The number of rotatable bonds is 2. The molecule has 0 radical (unpaired) electrons. The molecule has 0 spiro atoms. The van der Waals surface area contributed by atoms with Gasteiger partial charge in [0.05, 0.1) is 0 Å². The zero-order chi connectivity index (χ0) is 14.1. The van der Waals surface area contributed by atoms with Gasteiger partial charge in [-0.3, -0.25) is 9.89 Å². The molecule has 3 rings (SSSR count). The summed E-state index contributed by atoms with van der Waals surface area (Å²) < 4.78 is 0. The van der Waals surface area contributed by atoms with E-state index < -0.39 is 0 Å². The highest BCUT2D eigenvalue weighted by Crippen LogP contribution is 2.18. The normalized spacial score (nSPS) is 13.9. The van der Waals surface area contributed by atoms with Crippen LogP contribution in [-0.2, 0) is 13.0 Å². The summed E-state index contributed by atoms with van der Waals surface area (Å²) in [5.41, 5.74) is 5.61. The van der Waals surface area contributed by atoms with Crippen LogP contribution in [0.15, 0.2) is 18.2 Å². The van der Waals surface area contributed by atoms with E-state index in [-0.39, 0.29) is 5.91 Å². The van der Waals surface area contributed by atoms with Crippen LogP contribution >= 0.6 is 0 Å². The van der Waals surface area contributed by atoms with E-state index in [2.05, 4.69) is 26.9 Å². The molecule has 3 N–H and O–H groups in total. The maximum Gasteiger partial charge on any atom is 0.276 e. The lowest BCUT2D eigenvalue weighted by molar-refractivity contribution is 0.102. The van der Waals surface area contributed by atoms with E-state index in [0.717, 1.165) is 41.0 Å². The average Bonchev–Trinajstić information content (AvgIpc) is 2.81. The van der Waals surface area contributed by atoms with Gasteiger partial charge < -0.3 is 10.6 Å². The molecule has 0 saturated carbocycles. The Kier molecular flexibility index (Phi) is 3.28. The van der Waals surface area contributed by atoms with Crippen LogP contribution in [0, 0.1) is 13.8 Å². The Morgan fingerprint density at radius 2 is 2.00 bits per heavy atom. The van der Waals surface area contributed by atoms with Crippen molar-refractivity contribution in [3.8, 4) is 0 Å². The third-order valence-electron chi connectivity index (χ3n) is 3.50. The van der Waals surface area contributed by atoms with Gasteiger partial charge in [0, 0.05) is 36.5 Å². The first-order valence-corrected chi connectivity index (χ1v) is 6.80. The Hall–Kier alpha value is -2.14. The van der Waals surface area contributed by atoms with Crippen LogP contribution < -0.4 is 10.6 Å². The van der Waals surface area contributed by atoms with E-state index in [9.17, 15) is 4.79 Å². The summed E-state index contributed by atoms with van der Waals surface area (Å²) in [4.78, 5) is 12.3. The summed E-state index contributed by atoms with van der Waals surface area (Å²) in [6.07, 6.45) is 0.888. The molecule has 0 saturated heterocycles. The van der Waals surface area contributed by atoms with Crippen LogP contribution in [0.4, 0.5) is 5.69 Å². The van der Waals surface area contributed by atoms with Gasteiger partial charge in [-0.25, -0.2) is 0 Å². The quantitative estimate of drug-likeness (QED) is 0.781. The van der Waals surface area contributed by atoms with Crippen LogP contribution in [0.5, 0.6) is 0 Å². The molecule has 0 fully saturated rings. The molecule has 5 heteroatoms. The average molecular weight is 270 g/mol. The molecular weight excluding hydrogens is 252 g/mol. The molecule has 1 aliphatic rings. The Morgan fingerprint density at radius 3 is 2.75 bits per heavy atom. The lowest BCUT2D eigenvalue weighted by atomic mass is 10.1. The van der Waals surface area contributed by atoms with Gasteiger partial charge in [-0.05, 0) is 37.1 Å². The number of hydrogen-bond acceptors (Lipinski definition) is 3. The number of hydrogen-bond donors (Lipinski definition) is 3. The number of aryl methyl sites for hydroxylation is 2. The summed E-state index contributed by atoms with van der Waals surface area (Å²) >= 11 is 0. The lowest BCUT2D eigenvalue weighted by Crippen LogP contribution is -2.25. The van der Waals surface area contributed by atoms with Crippen molar-refractivity contribution in [1.82, 2.24) is 15.5 Å². The van der Waals surface area contributed by atoms with E-state index in [4.69, 9.17) is 0 Å². The smallest absolute Gasteiger partial charge is 0.276 e. The van der Waals surface area contributed by atoms with Gasteiger partial charge in [-0.15, -0.1) is 0 Å². The molecule has 20 heavy (non-hydrogen) atoms. The highest BCUT2D eigenvalue weighted by molar-refractivity contribution is 6.04. The van der Waals surface area contributed by atoms with Gasteiger partial charge in [0.2, 0.25) is 0 Å². The third kappa shape index (κ3) is 2.44. The fourth-order valence-electron chi connectivity index (χ4n) is 2.65. The molecule has 1 aromatic heterocycles. The molecule has 2 heterocycles. The summed E-state index contributed by atoms with van der Waals surface area (Å²) in [5, 5.41) is 13.3. The fourth-order valence-corrected chi connectivity index (χ4v) is 2.65. The van der Waals surface area contributed by atoms with E-state index in [1.807, 2.05) is 26.0 Å². The molecule has 0 atom stereocenters. The van der Waals surface area contributed by atoms with Gasteiger partial charge in [0.15, 0.2) is 5.69 Å². The molecule has 0 aliphatic carbocycles. The van der Waals surface area contributed by atoms with Gasteiger partial charge in [-0.2, -0.15) is 5.10 Å². The largest absolute Gasteiger partial charge is 0.321 e. The molecule has 1 aliphatic heterocycles. The van der Waals surface area contributed by atoms with Crippen molar-refractivity contribution < 1.29 is 4.79 Å². The SMILES string of the molecule is Cc1cc(C)cc(NC(=O)c2n[nH]c3c2CNCC3)c1. The van der Waals surface area contributed by atoms with E-state index >= 15 is 0 Å². The van der Waals surface area contributed by atoms with Gasteiger partial charge in [0.25, 0.3) is 5.91 Å². The minimum Gasteiger partial charge on any atom is -0.321 e. The van der Waals surface area contributed by atoms with Crippen molar-refractivity contribution >= 4 is 11.6 Å². The molecular formula is C15H18N4O. The predicted molar refractivity (Wildman–Crippen MR) is 77.9 cm³/mol. The van der Waals surface area contributed by atoms with Crippen LogP contribution in [-0.4, -0.2) is 22.6 Å². The number of nitrogens with one attached hydrogen (secondary N) is 3. The fraction of sp³-hybridized carbons (Fsp3) is 0.333. The number of amides is 1. The Bertz CT molecular complexity index is 640. The zero-order valence-corrected chi connectivity index (χ0v) is 11.7. The number of benzene rings is 1. The number of fused-ring (bicyclic) bond motifs is 1. The van der Waals surface area contributed by atoms with Gasteiger partial charge in [0.1, 0.15) is 0 Å². The topological polar surface area (TPSA) is 69.8 Å². The Labute approximate surface area is 117 Å². The first-order valence-electron chi connectivity index (χ1n) is 6.80. The van der Waals surface area contributed by atoms with Gasteiger partial charge >= 0.3 is 0 Å². The molecule has 5 nitrogen and oxygen atoms in total. The molecule has 0 bridgehead atoms. The minimum atomic E-state index is -0.156. The number of carbonyl (C=O) groups excluding carboxylic acids is 1. The zero-order valence-electron chi connectivity index (χ0n) is 11.7. The molecule has 104 valence electrons. The molecule has 1 aromatic carbocycles. The second-order valence-corrected chi connectivity index (χ2v) is 5.29. The van der Waals surface area contributed by atoms with Crippen LogP contribution in [0.2, 0.25) is 0 Å². The second kappa shape index (κ2) is 5.09. The summed E-state index contributed by atoms with van der Waals surface area (Å²) in [7, 11) is 0. The highest BCUT2D eigenvalue weighted by atomic mass is 16.1. The van der Waals surface area contributed by atoms with Crippen LogP contribution in [0.1, 0.15) is 32.9 Å². The summed E-state index contributed by atoms with van der Waals surface area (Å²) in [6.45, 7) is 5.65. The Morgan fingerprint density at radius 1 is 1.25 bits per heavy atom. The maximum atomic E-state index is 12.3. The van der Waals surface area contributed by atoms with E-state index in [0.29, 0.717) is 12.2 Å². The summed E-state index contributed by atoms with van der Waals surface area (Å²) in [6, 6.07) is 6.00. The van der Waals surface area contributed by atoms with Crippen molar-refractivity contribution in [3.63, 3.8) is 0 Å². The van der Waals surface area contributed by atoms with Crippen molar-refractivity contribution in [2.75, 3.05) is 11.9 Å². The van der Waals surface area contributed by atoms with Crippen molar-refractivity contribution in [2.24, 2.45) is 0 Å². The summed E-state index contributed by atoms with van der Waals surface area (Å²) in [5.74, 6) is -0.156. The molecule has 0 unspecified atom stereocenters. The number of H-pyrrole nitrogens is 1. The first kappa shape index (κ1) is 12.9. The molecule has 2 aromatic rings. The number of aromatic nitrogens is 2. The predicted octanol–water partition coefficient (Wildman–Crippen LogP) is 1.92. The maximum absolute atomic E-state index is 12.3. The van der Waals surface area contributed by atoms with Crippen molar-refractivity contribution in [2.45, 2.75) is 26.8 Å². The van der Waals surface area contributed by atoms with E-state index in [1.165, 1.54) is 0 Å². The van der Waals surface area contributed by atoms with Crippen LogP contribution in [0.25, 0.3) is 0 Å². The lowest BCUT2D eigenvalue weighted by Gasteiger charge is -2.13. The number of aromatic amines is 1.